The van der Waals surface area contributed by atoms with Crippen LogP contribution in [0.2, 0.25) is 0 Å². The Morgan fingerprint density at radius 3 is 2.46 bits per heavy atom. The first-order chi connectivity index (χ1) is 6.33. The van der Waals surface area contributed by atoms with E-state index >= 15 is 0 Å². The van der Waals surface area contributed by atoms with Crippen molar-refractivity contribution in [2.45, 2.75) is 0 Å². The zero-order valence-corrected chi connectivity index (χ0v) is 8.51. The molecular weight excluding hydrogens is 228 g/mol. The van der Waals surface area contributed by atoms with Crippen LogP contribution in [0, 0.1) is 0 Å². The molecule has 2 aromatic carbocycles. The molecule has 2 aromatic rings. The number of nitrogens with two attached hydrogens (primary N) is 1. The van der Waals surface area contributed by atoms with Crippen molar-refractivity contribution in [2.75, 3.05) is 5.43 Å². The lowest BCUT2D eigenvalue weighted by Crippen LogP contribution is -2.06. The van der Waals surface area contributed by atoms with Crippen molar-refractivity contribution >= 4 is 32.4 Å². The molecule has 0 radical (unpaired) electrons. The number of rotatable bonds is 1. The second-order valence-electron chi connectivity index (χ2n) is 2.79. The normalized spacial score (nSPS) is 10.3. The summed E-state index contributed by atoms with van der Waals surface area (Å²) < 4.78 is 1.05. The van der Waals surface area contributed by atoms with E-state index in [2.05, 4.69) is 33.5 Å². The van der Waals surface area contributed by atoms with Gasteiger partial charge in [-0.1, -0.05) is 40.2 Å². The van der Waals surface area contributed by atoms with Gasteiger partial charge in [0.1, 0.15) is 0 Å². The lowest BCUT2D eigenvalue weighted by molar-refractivity contribution is 1.37. The molecule has 0 heterocycles. The highest BCUT2D eigenvalue weighted by atomic mass is 79.9. The summed E-state index contributed by atoms with van der Waals surface area (Å²) >= 11 is 3.49. The Hall–Kier alpha value is -1.06. The third-order valence-electron chi connectivity index (χ3n) is 2.01. The van der Waals surface area contributed by atoms with E-state index in [1.54, 1.807) is 0 Å². The van der Waals surface area contributed by atoms with Crippen molar-refractivity contribution in [1.82, 2.24) is 0 Å². The monoisotopic (exact) mass is 236 g/mol. The molecule has 0 spiro atoms. The minimum atomic E-state index is 0.935. The van der Waals surface area contributed by atoms with Gasteiger partial charge < -0.3 is 5.43 Å². The van der Waals surface area contributed by atoms with Gasteiger partial charge in [0.05, 0.1) is 5.69 Å². The van der Waals surface area contributed by atoms with E-state index in [4.69, 9.17) is 5.84 Å². The molecule has 13 heavy (non-hydrogen) atoms. The number of halogens is 1. The molecule has 0 amide bonds. The maximum absolute atomic E-state index is 5.41. The summed E-state index contributed by atoms with van der Waals surface area (Å²) in [7, 11) is 0. The first-order valence-electron chi connectivity index (χ1n) is 3.97. The fourth-order valence-electron chi connectivity index (χ4n) is 1.42. The molecule has 3 heteroatoms. The van der Waals surface area contributed by atoms with Crippen LogP contribution in [0.4, 0.5) is 5.69 Å². The predicted octanol–water partition coefficient (Wildman–Crippen LogP) is 2.89. The maximum Gasteiger partial charge on any atom is 0.0574 e. The zero-order valence-electron chi connectivity index (χ0n) is 6.92. The standard InChI is InChI=1S/C10H9BrN2/c11-8-5-1-3-7-4-2-6-9(13-12)10(7)8/h1-6,13H,12H2. The first-order valence-corrected chi connectivity index (χ1v) is 4.76. The van der Waals surface area contributed by atoms with Crippen LogP contribution < -0.4 is 11.3 Å². The molecule has 0 saturated heterocycles. The number of hydrogen-bond acceptors (Lipinski definition) is 2. The van der Waals surface area contributed by atoms with Gasteiger partial charge in [-0.05, 0) is 17.5 Å². The largest absolute Gasteiger partial charge is 0.323 e. The quantitative estimate of drug-likeness (QED) is 0.591. The molecule has 0 aliphatic rings. The molecule has 0 bridgehead atoms. The summed E-state index contributed by atoms with van der Waals surface area (Å²) in [6.07, 6.45) is 0. The van der Waals surface area contributed by atoms with Crippen LogP contribution in [0.3, 0.4) is 0 Å². The van der Waals surface area contributed by atoms with Crippen LogP contribution in [-0.2, 0) is 0 Å². The van der Waals surface area contributed by atoms with Crippen LogP contribution in [0.15, 0.2) is 40.9 Å². The number of nitrogens with one attached hydrogen (secondary N) is 1. The summed E-state index contributed by atoms with van der Waals surface area (Å²) in [5.41, 5.74) is 3.62. The Morgan fingerprint density at radius 1 is 1.08 bits per heavy atom. The van der Waals surface area contributed by atoms with Crippen LogP contribution in [0.1, 0.15) is 0 Å². The van der Waals surface area contributed by atoms with E-state index in [1.165, 1.54) is 5.39 Å². The van der Waals surface area contributed by atoms with E-state index < -0.39 is 0 Å². The Bertz CT molecular complexity index is 435. The Kier molecular flexibility index (Phi) is 2.20. The highest BCUT2D eigenvalue weighted by Crippen LogP contribution is 2.29. The van der Waals surface area contributed by atoms with E-state index in [0.717, 1.165) is 15.5 Å². The molecular formula is C10H9BrN2. The van der Waals surface area contributed by atoms with Gasteiger partial charge in [-0.2, -0.15) is 0 Å². The van der Waals surface area contributed by atoms with Crippen LogP contribution in [0.5, 0.6) is 0 Å². The van der Waals surface area contributed by atoms with Gasteiger partial charge in [0.15, 0.2) is 0 Å². The number of anilines is 1. The summed E-state index contributed by atoms with van der Waals surface area (Å²) in [6.45, 7) is 0. The van der Waals surface area contributed by atoms with Crippen molar-refractivity contribution in [1.29, 1.82) is 0 Å². The third kappa shape index (κ3) is 1.41. The van der Waals surface area contributed by atoms with Crippen molar-refractivity contribution < 1.29 is 0 Å². The summed E-state index contributed by atoms with van der Waals surface area (Å²) in [4.78, 5) is 0. The highest BCUT2D eigenvalue weighted by molar-refractivity contribution is 9.10. The minimum absolute atomic E-state index is 0.935. The molecule has 0 aliphatic carbocycles. The van der Waals surface area contributed by atoms with Gasteiger partial charge in [0.25, 0.3) is 0 Å². The Labute approximate surface area is 84.8 Å². The molecule has 0 atom stereocenters. The molecule has 2 rings (SSSR count). The molecule has 66 valence electrons. The second kappa shape index (κ2) is 3.36. The van der Waals surface area contributed by atoms with Gasteiger partial charge in [-0.3, -0.25) is 5.84 Å². The Morgan fingerprint density at radius 2 is 1.77 bits per heavy atom. The van der Waals surface area contributed by atoms with Crippen molar-refractivity contribution in [3.63, 3.8) is 0 Å². The second-order valence-corrected chi connectivity index (χ2v) is 3.64. The topological polar surface area (TPSA) is 38.0 Å². The maximum atomic E-state index is 5.41. The summed E-state index contributed by atoms with van der Waals surface area (Å²) in [5.74, 6) is 5.41. The lowest BCUT2D eigenvalue weighted by atomic mass is 10.1. The van der Waals surface area contributed by atoms with E-state index in [1.807, 2.05) is 24.3 Å². The zero-order chi connectivity index (χ0) is 9.26. The average molecular weight is 237 g/mol. The van der Waals surface area contributed by atoms with Crippen molar-refractivity contribution in [3.05, 3.63) is 40.9 Å². The minimum Gasteiger partial charge on any atom is -0.323 e. The van der Waals surface area contributed by atoms with E-state index in [-0.39, 0.29) is 0 Å². The molecule has 3 N–H and O–H groups in total. The van der Waals surface area contributed by atoms with E-state index in [0.29, 0.717) is 0 Å². The third-order valence-corrected chi connectivity index (χ3v) is 2.67. The number of fused-ring (bicyclic) bond motifs is 1. The molecule has 0 aliphatic heterocycles. The SMILES string of the molecule is NNc1cccc2cccc(Br)c12. The van der Waals surface area contributed by atoms with Crippen molar-refractivity contribution in [3.8, 4) is 0 Å². The molecule has 0 unspecified atom stereocenters. The van der Waals surface area contributed by atoms with Gasteiger partial charge in [0, 0.05) is 9.86 Å². The van der Waals surface area contributed by atoms with E-state index in [9.17, 15) is 0 Å². The molecule has 2 nitrogen and oxygen atoms in total. The number of hydrogen-bond donors (Lipinski definition) is 2. The number of hydrazine groups is 1. The number of nitrogen functional groups attached to an aromatic ring is 1. The average Bonchev–Trinajstić information content (AvgIpc) is 2.17. The fourth-order valence-corrected chi connectivity index (χ4v) is 2.01. The van der Waals surface area contributed by atoms with Crippen molar-refractivity contribution in [2.24, 2.45) is 5.84 Å². The van der Waals surface area contributed by atoms with Gasteiger partial charge in [-0.15, -0.1) is 0 Å². The highest BCUT2D eigenvalue weighted by Gasteiger charge is 2.01. The predicted molar refractivity (Wildman–Crippen MR) is 59.5 cm³/mol. The van der Waals surface area contributed by atoms with Gasteiger partial charge >= 0.3 is 0 Å². The van der Waals surface area contributed by atoms with Crippen LogP contribution >= 0.6 is 15.9 Å². The first kappa shape index (κ1) is 8.53. The molecule has 0 saturated carbocycles. The van der Waals surface area contributed by atoms with Gasteiger partial charge in [-0.25, -0.2) is 0 Å². The summed E-state index contributed by atoms with van der Waals surface area (Å²) in [5, 5.41) is 2.29. The lowest BCUT2D eigenvalue weighted by Gasteiger charge is -2.06. The fraction of sp³-hybridized carbons (Fsp3) is 0. The van der Waals surface area contributed by atoms with Gasteiger partial charge in [0.2, 0.25) is 0 Å². The Balaban J connectivity index is 2.87. The molecule has 0 aromatic heterocycles. The smallest absolute Gasteiger partial charge is 0.0574 e. The molecule has 0 fully saturated rings. The van der Waals surface area contributed by atoms with Crippen LogP contribution in [0.25, 0.3) is 10.8 Å². The van der Waals surface area contributed by atoms with Crippen LogP contribution in [-0.4, -0.2) is 0 Å². The number of benzene rings is 2. The summed E-state index contributed by atoms with van der Waals surface area (Å²) in [6, 6.07) is 12.1.